The minimum absolute atomic E-state index is 0.148. The number of pyridine rings is 1. The number of fused-ring (bicyclic) bond motifs is 1. The van der Waals surface area contributed by atoms with E-state index in [2.05, 4.69) is 17.0 Å². The van der Waals surface area contributed by atoms with E-state index in [9.17, 15) is 14.3 Å². The lowest BCUT2D eigenvalue weighted by Crippen LogP contribution is -2.40. The number of hydrogen-bond donors (Lipinski definition) is 1. The van der Waals surface area contributed by atoms with Gasteiger partial charge in [-0.3, -0.25) is 9.69 Å². The molecule has 2 saturated heterocycles. The number of amides is 1. The second kappa shape index (κ2) is 9.55. The van der Waals surface area contributed by atoms with E-state index in [-0.39, 0.29) is 12.0 Å². The van der Waals surface area contributed by atoms with Crippen molar-refractivity contribution in [3.8, 4) is 11.3 Å². The van der Waals surface area contributed by atoms with Crippen LogP contribution in [0.2, 0.25) is 0 Å². The van der Waals surface area contributed by atoms with E-state index in [1.165, 1.54) is 17.7 Å². The number of piperidine rings is 1. The molecule has 0 unspecified atom stereocenters. The van der Waals surface area contributed by atoms with Gasteiger partial charge >= 0.3 is 0 Å². The summed E-state index contributed by atoms with van der Waals surface area (Å²) in [6.07, 6.45) is 0.744. The average Bonchev–Trinajstić information content (AvgIpc) is 2.84. The molecule has 6 nitrogen and oxygen atoms in total. The summed E-state index contributed by atoms with van der Waals surface area (Å²) in [5, 5.41) is 10.3. The maximum atomic E-state index is 14.0. The molecule has 0 spiro atoms. The Bertz CT molecular complexity index is 1140. The van der Waals surface area contributed by atoms with Crippen molar-refractivity contribution in [3.63, 3.8) is 0 Å². The van der Waals surface area contributed by atoms with Gasteiger partial charge < -0.3 is 14.7 Å². The number of ether oxygens (including phenoxy) is 1. The molecule has 1 amide bonds. The first-order valence-corrected chi connectivity index (χ1v) is 11.5. The Hall–Kier alpha value is -2.87. The molecule has 1 aromatic heterocycles. The molecule has 0 bridgehead atoms. The fraction of sp³-hybridized carbons (Fsp3) is 0.385. The Kier molecular flexibility index (Phi) is 6.35. The zero-order valence-electron chi connectivity index (χ0n) is 18.5. The summed E-state index contributed by atoms with van der Waals surface area (Å²) in [6, 6.07) is 14.4. The zero-order chi connectivity index (χ0) is 22.8. The lowest BCUT2D eigenvalue weighted by molar-refractivity contribution is 0.0342. The quantitative estimate of drug-likeness (QED) is 0.661. The van der Waals surface area contributed by atoms with Crippen LogP contribution in [0.3, 0.4) is 0 Å². The number of carbonyl (C=O) groups excluding carboxylic acids is 1. The molecule has 0 atom stereocenters. The molecule has 2 aromatic carbocycles. The predicted octanol–water partition coefficient (Wildman–Crippen LogP) is 3.47. The highest BCUT2D eigenvalue weighted by Crippen LogP contribution is 2.28. The molecule has 0 aliphatic carbocycles. The third-order valence-corrected chi connectivity index (χ3v) is 6.51. The summed E-state index contributed by atoms with van der Waals surface area (Å²) in [6.45, 7) is 5.26. The summed E-state index contributed by atoms with van der Waals surface area (Å²) >= 11 is 0. The maximum absolute atomic E-state index is 14.0. The molecule has 3 heterocycles. The van der Waals surface area contributed by atoms with E-state index >= 15 is 0 Å². The largest absolute Gasteiger partial charge is 0.393 e. The molecule has 2 aliphatic rings. The van der Waals surface area contributed by atoms with Crippen molar-refractivity contribution in [1.29, 1.82) is 0 Å². The normalized spacial score (nSPS) is 18.1. The van der Waals surface area contributed by atoms with Crippen LogP contribution in [0.4, 0.5) is 4.39 Å². The van der Waals surface area contributed by atoms with Crippen molar-refractivity contribution in [2.75, 3.05) is 39.4 Å². The summed E-state index contributed by atoms with van der Waals surface area (Å²) < 4.78 is 19.5. The van der Waals surface area contributed by atoms with Gasteiger partial charge in [0.25, 0.3) is 5.91 Å². The first-order valence-electron chi connectivity index (χ1n) is 11.5. The first-order chi connectivity index (χ1) is 16.1. The van der Waals surface area contributed by atoms with Gasteiger partial charge in [-0.1, -0.05) is 24.3 Å². The number of aliphatic hydroxyl groups is 1. The van der Waals surface area contributed by atoms with E-state index in [0.717, 1.165) is 38.4 Å². The molecule has 1 N–H and O–H groups in total. The van der Waals surface area contributed by atoms with Crippen LogP contribution in [0.5, 0.6) is 0 Å². The van der Waals surface area contributed by atoms with Gasteiger partial charge in [0, 0.05) is 43.7 Å². The molecular formula is C26H28FN3O3. The van der Waals surface area contributed by atoms with Gasteiger partial charge in [0.2, 0.25) is 0 Å². The minimum Gasteiger partial charge on any atom is -0.393 e. The molecule has 0 radical (unpaired) electrons. The van der Waals surface area contributed by atoms with Crippen LogP contribution in [-0.4, -0.2) is 71.3 Å². The zero-order valence-corrected chi connectivity index (χ0v) is 18.5. The van der Waals surface area contributed by atoms with Gasteiger partial charge in [0.05, 0.1) is 36.1 Å². The Morgan fingerprint density at radius 1 is 1.03 bits per heavy atom. The topological polar surface area (TPSA) is 65.9 Å². The number of hydrogen-bond acceptors (Lipinski definition) is 5. The Morgan fingerprint density at radius 3 is 2.48 bits per heavy atom. The Labute approximate surface area is 192 Å². The highest BCUT2D eigenvalue weighted by atomic mass is 19.1. The lowest BCUT2D eigenvalue weighted by Gasteiger charge is -2.30. The van der Waals surface area contributed by atoms with E-state index in [1.54, 1.807) is 17.0 Å². The minimum atomic E-state index is -0.396. The Morgan fingerprint density at radius 2 is 1.76 bits per heavy atom. The number of aromatic nitrogens is 1. The van der Waals surface area contributed by atoms with Crippen molar-refractivity contribution in [2.24, 2.45) is 0 Å². The molecule has 2 fully saturated rings. The van der Waals surface area contributed by atoms with Crippen LogP contribution in [0, 0.1) is 5.82 Å². The highest BCUT2D eigenvalue weighted by Gasteiger charge is 2.25. The third-order valence-electron chi connectivity index (χ3n) is 6.51. The fourth-order valence-electron chi connectivity index (χ4n) is 4.56. The molecule has 33 heavy (non-hydrogen) atoms. The van der Waals surface area contributed by atoms with Crippen molar-refractivity contribution < 1.29 is 19.0 Å². The number of aliphatic hydroxyl groups excluding tert-OH is 1. The van der Waals surface area contributed by atoms with Crippen LogP contribution in [0.15, 0.2) is 48.5 Å². The van der Waals surface area contributed by atoms with E-state index < -0.39 is 5.82 Å². The van der Waals surface area contributed by atoms with E-state index in [1.807, 2.05) is 12.1 Å². The summed E-state index contributed by atoms with van der Waals surface area (Å²) in [4.78, 5) is 22.2. The summed E-state index contributed by atoms with van der Waals surface area (Å²) in [5.74, 6) is -0.544. The first kappa shape index (κ1) is 21.9. The molecule has 5 rings (SSSR count). The van der Waals surface area contributed by atoms with Crippen molar-refractivity contribution in [3.05, 3.63) is 65.5 Å². The summed E-state index contributed by atoms with van der Waals surface area (Å²) in [7, 11) is 0. The fourth-order valence-corrected chi connectivity index (χ4v) is 4.56. The van der Waals surface area contributed by atoms with Crippen molar-refractivity contribution in [2.45, 2.75) is 25.5 Å². The second-order valence-electron chi connectivity index (χ2n) is 8.83. The molecule has 0 saturated carbocycles. The van der Waals surface area contributed by atoms with Gasteiger partial charge in [0.1, 0.15) is 5.82 Å². The van der Waals surface area contributed by atoms with Gasteiger partial charge in [-0.2, -0.15) is 0 Å². The number of benzene rings is 2. The molecule has 7 heteroatoms. The van der Waals surface area contributed by atoms with Crippen molar-refractivity contribution in [1.82, 2.24) is 14.8 Å². The van der Waals surface area contributed by atoms with Crippen LogP contribution in [-0.2, 0) is 11.3 Å². The van der Waals surface area contributed by atoms with E-state index in [0.29, 0.717) is 48.1 Å². The predicted molar refractivity (Wildman–Crippen MR) is 124 cm³/mol. The van der Waals surface area contributed by atoms with E-state index in [4.69, 9.17) is 9.72 Å². The van der Waals surface area contributed by atoms with Crippen LogP contribution in [0.25, 0.3) is 22.2 Å². The summed E-state index contributed by atoms with van der Waals surface area (Å²) in [5.41, 5.74) is 3.85. The highest BCUT2D eigenvalue weighted by molar-refractivity contribution is 6.07. The number of morpholine rings is 1. The number of rotatable bonds is 4. The average molecular weight is 450 g/mol. The van der Waals surface area contributed by atoms with Gasteiger partial charge in [0.15, 0.2) is 0 Å². The van der Waals surface area contributed by atoms with Gasteiger partial charge in [-0.05, 0) is 42.7 Å². The SMILES string of the molecule is O=C(c1cc(-c2ccc(CN3CCOCC3)cc2)nc2ccc(F)cc12)N1CCC(O)CC1. The van der Waals surface area contributed by atoms with Crippen LogP contribution in [0.1, 0.15) is 28.8 Å². The van der Waals surface area contributed by atoms with Crippen molar-refractivity contribution >= 4 is 16.8 Å². The monoisotopic (exact) mass is 449 g/mol. The van der Waals surface area contributed by atoms with Crippen LogP contribution >= 0.6 is 0 Å². The standard InChI is InChI=1S/C26H28FN3O3/c27-20-5-6-24-22(15-20)23(26(32)30-9-7-21(31)8-10-30)16-25(28-24)19-3-1-18(2-4-19)17-29-11-13-33-14-12-29/h1-6,15-16,21,31H,7-14,17H2. The molecule has 172 valence electrons. The molecule has 3 aromatic rings. The number of carbonyl (C=O) groups is 1. The smallest absolute Gasteiger partial charge is 0.254 e. The molecular weight excluding hydrogens is 421 g/mol. The van der Waals surface area contributed by atoms with Gasteiger partial charge in [-0.25, -0.2) is 9.37 Å². The molecule has 2 aliphatic heterocycles. The number of nitrogens with zero attached hydrogens (tertiary/aromatic N) is 3. The Balaban J connectivity index is 1.46. The lowest BCUT2D eigenvalue weighted by atomic mass is 10.0. The third kappa shape index (κ3) is 4.90. The number of halogens is 1. The van der Waals surface area contributed by atoms with Gasteiger partial charge in [-0.15, -0.1) is 0 Å². The number of likely N-dealkylation sites (tertiary alicyclic amines) is 1. The maximum Gasteiger partial charge on any atom is 0.254 e. The van der Waals surface area contributed by atoms with Crippen LogP contribution < -0.4 is 0 Å². The second-order valence-corrected chi connectivity index (χ2v) is 8.83.